The van der Waals surface area contributed by atoms with E-state index in [-0.39, 0.29) is 23.0 Å². The number of aromatic nitrogens is 2. The molecule has 8 heteroatoms. The van der Waals surface area contributed by atoms with Crippen molar-refractivity contribution in [2.75, 3.05) is 18.2 Å². The van der Waals surface area contributed by atoms with Crippen molar-refractivity contribution in [1.29, 1.82) is 0 Å². The number of thiophene rings is 1. The van der Waals surface area contributed by atoms with Gasteiger partial charge in [0.15, 0.2) is 5.16 Å². The first kappa shape index (κ1) is 20.9. The van der Waals surface area contributed by atoms with Gasteiger partial charge >= 0.3 is 5.97 Å². The van der Waals surface area contributed by atoms with Gasteiger partial charge < -0.3 is 14.6 Å². The molecule has 152 valence electrons. The Hall–Kier alpha value is -1.80. The number of methoxy groups -OCH3 is 1. The number of fused-ring (bicyclic) bond motifs is 1. The molecule has 0 spiro atoms. The van der Waals surface area contributed by atoms with E-state index in [2.05, 4.69) is 31.1 Å². The van der Waals surface area contributed by atoms with Crippen molar-refractivity contribution in [3.05, 3.63) is 28.4 Å². The normalized spacial score (nSPS) is 16.5. The predicted octanol–water partition coefficient (Wildman–Crippen LogP) is 4.15. The molecule has 2 aromatic heterocycles. The number of ether oxygens (including phenoxy) is 1. The zero-order valence-electron chi connectivity index (χ0n) is 17.0. The molecule has 1 aliphatic carbocycles. The van der Waals surface area contributed by atoms with Gasteiger partial charge in [-0.15, -0.1) is 11.3 Å². The second kappa shape index (κ2) is 8.29. The van der Waals surface area contributed by atoms with E-state index in [9.17, 15) is 9.59 Å². The quantitative estimate of drug-likeness (QED) is 0.580. The highest BCUT2D eigenvalue weighted by Gasteiger charge is 2.34. The molecule has 0 saturated heterocycles. The molecule has 0 unspecified atom stereocenters. The average molecular weight is 422 g/mol. The lowest BCUT2D eigenvalue weighted by molar-refractivity contribution is -0.113. The molecule has 2 aromatic rings. The van der Waals surface area contributed by atoms with Crippen LogP contribution < -0.4 is 5.32 Å². The molecule has 0 saturated carbocycles. The Morgan fingerprint density at radius 1 is 1.43 bits per heavy atom. The third kappa shape index (κ3) is 4.43. The van der Waals surface area contributed by atoms with Gasteiger partial charge in [-0.05, 0) is 36.2 Å². The third-order valence-corrected chi connectivity index (χ3v) is 7.47. The Morgan fingerprint density at radius 3 is 2.79 bits per heavy atom. The van der Waals surface area contributed by atoms with E-state index in [4.69, 9.17) is 4.74 Å². The number of rotatable bonds is 5. The summed E-state index contributed by atoms with van der Waals surface area (Å²) in [6.07, 6.45) is 6.37. The summed E-state index contributed by atoms with van der Waals surface area (Å²) < 4.78 is 6.88. The van der Waals surface area contributed by atoms with Crippen LogP contribution in [0.2, 0.25) is 0 Å². The Labute approximate surface area is 174 Å². The first-order chi connectivity index (χ1) is 13.2. The summed E-state index contributed by atoms with van der Waals surface area (Å²) in [5.74, 6) is 0.271. The molecule has 1 N–H and O–H groups in total. The highest BCUT2D eigenvalue weighted by molar-refractivity contribution is 7.99. The maximum atomic E-state index is 12.5. The van der Waals surface area contributed by atoms with Crippen LogP contribution in [0.3, 0.4) is 0 Å². The summed E-state index contributed by atoms with van der Waals surface area (Å²) in [5.41, 5.74) is 1.80. The fourth-order valence-electron chi connectivity index (χ4n) is 3.51. The lowest BCUT2D eigenvalue weighted by Crippen LogP contribution is -2.26. The van der Waals surface area contributed by atoms with Crippen molar-refractivity contribution >= 4 is 40.0 Å². The summed E-state index contributed by atoms with van der Waals surface area (Å²) in [5, 5.41) is 4.33. The molecule has 0 aliphatic heterocycles. The molecule has 0 bridgehead atoms. The van der Waals surface area contributed by atoms with Crippen LogP contribution in [-0.4, -0.2) is 34.3 Å². The SMILES string of the molecule is COC(=O)c1c(NC(=O)CSc2nccn2C)sc2c1CC[C@H](C(C)(C)C)C2. The van der Waals surface area contributed by atoms with Crippen molar-refractivity contribution in [2.45, 2.75) is 45.2 Å². The number of imidazole rings is 1. The highest BCUT2D eigenvalue weighted by atomic mass is 32.2. The molecular weight excluding hydrogens is 394 g/mol. The number of carbonyl (C=O) groups excluding carboxylic acids is 2. The van der Waals surface area contributed by atoms with Crippen LogP contribution in [-0.2, 0) is 29.4 Å². The zero-order chi connectivity index (χ0) is 20.5. The van der Waals surface area contributed by atoms with E-state index in [0.29, 0.717) is 16.5 Å². The number of nitrogens with one attached hydrogen (secondary N) is 1. The van der Waals surface area contributed by atoms with E-state index < -0.39 is 0 Å². The fourth-order valence-corrected chi connectivity index (χ4v) is 5.58. The van der Waals surface area contributed by atoms with Crippen LogP contribution in [0.15, 0.2) is 17.6 Å². The van der Waals surface area contributed by atoms with Crippen LogP contribution in [0.1, 0.15) is 48.0 Å². The molecular formula is C20H27N3O3S2. The Bertz CT molecular complexity index is 880. The lowest BCUT2D eigenvalue weighted by atomic mass is 9.72. The molecule has 3 rings (SSSR count). The van der Waals surface area contributed by atoms with Crippen molar-refractivity contribution < 1.29 is 14.3 Å². The van der Waals surface area contributed by atoms with E-state index >= 15 is 0 Å². The standard InChI is InChI=1S/C20H27N3O3S2/c1-20(2,3)12-6-7-13-14(10-12)28-17(16(13)18(25)26-5)22-15(24)11-27-19-21-8-9-23(19)4/h8-9,12H,6-7,10-11H2,1-5H3,(H,22,24)/t12-/m0/s1. The van der Waals surface area contributed by atoms with Gasteiger partial charge in [0.1, 0.15) is 5.00 Å². The maximum absolute atomic E-state index is 12.5. The maximum Gasteiger partial charge on any atom is 0.341 e. The number of aryl methyl sites for hydroxylation is 1. The minimum absolute atomic E-state index is 0.149. The lowest BCUT2D eigenvalue weighted by Gasteiger charge is -2.33. The molecule has 1 atom stereocenters. The Morgan fingerprint density at radius 2 is 2.18 bits per heavy atom. The first-order valence-electron chi connectivity index (χ1n) is 9.33. The molecule has 6 nitrogen and oxygen atoms in total. The van der Waals surface area contributed by atoms with Crippen LogP contribution in [0.5, 0.6) is 0 Å². The van der Waals surface area contributed by atoms with Gasteiger partial charge in [-0.25, -0.2) is 9.78 Å². The first-order valence-corrected chi connectivity index (χ1v) is 11.1. The van der Waals surface area contributed by atoms with Gasteiger partial charge in [0.2, 0.25) is 5.91 Å². The van der Waals surface area contributed by atoms with Gasteiger partial charge in [0.25, 0.3) is 0 Å². The smallest absolute Gasteiger partial charge is 0.341 e. The number of esters is 1. The second-order valence-corrected chi connectivity index (χ2v) is 10.2. The van der Waals surface area contributed by atoms with Crippen LogP contribution in [0.4, 0.5) is 5.00 Å². The topological polar surface area (TPSA) is 73.2 Å². The number of hydrogen-bond donors (Lipinski definition) is 1. The monoisotopic (exact) mass is 421 g/mol. The average Bonchev–Trinajstić information content (AvgIpc) is 3.20. The van der Waals surface area contributed by atoms with E-state index in [0.717, 1.165) is 30.0 Å². The van der Waals surface area contributed by atoms with Crippen molar-refractivity contribution in [3.8, 4) is 0 Å². The van der Waals surface area contributed by atoms with Crippen molar-refractivity contribution in [2.24, 2.45) is 18.4 Å². The van der Waals surface area contributed by atoms with Gasteiger partial charge in [-0.2, -0.15) is 0 Å². The number of carbonyl (C=O) groups is 2. The third-order valence-electron chi connectivity index (χ3n) is 5.24. The molecule has 0 aromatic carbocycles. The molecule has 28 heavy (non-hydrogen) atoms. The number of thioether (sulfide) groups is 1. The number of anilines is 1. The van der Waals surface area contributed by atoms with E-state index in [1.807, 2.05) is 17.8 Å². The largest absolute Gasteiger partial charge is 0.465 e. The number of amides is 1. The molecule has 0 radical (unpaired) electrons. The molecule has 1 amide bonds. The summed E-state index contributed by atoms with van der Waals surface area (Å²) >= 11 is 2.89. The molecule has 2 heterocycles. The number of nitrogens with zero attached hydrogens (tertiary/aromatic N) is 2. The highest BCUT2D eigenvalue weighted by Crippen LogP contribution is 2.44. The summed E-state index contributed by atoms with van der Waals surface area (Å²) in [6.45, 7) is 6.78. The predicted molar refractivity (Wildman–Crippen MR) is 113 cm³/mol. The number of hydrogen-bond acceptors (Lipinski definition) is 6. The Balaban J connectivity index is 1.78. The van der Waals surface area contributed by atoms with Crippen LogP contribution in [0, 0.1) is 11.3 Å². The molecule has 1 aliphatic rings. The zero-order valence-corrected chi connectivity index (χ0v) is 18.6. The van der Waals surface area contributed by atoms with Gasteiger partial charge in [0, 0.05) is 24.3 Å². The van der Waals surface area contributed by atoms with Gasteiger partial charge in [0.05, 0.1) is 18.4 Å². The van der Waals surface area contributed by atoms with Crippen molar-refractivity contribution in [1.82, 2.24) is 9.55 Å². The fraction of sp³-hybridized carbons (Fsp3) is 0.550. The second-order valence-electron chi connectivity index (χ2n) is 8.16. The minimum atomic E-state index is -0.376. The Kier molecular flexibility index (Phi) is 6.19. The van der Waals surface area contributed by atoms with Crippen LogP contribution in [0.25, 0.3) is 0 Å². The molecule has 0 fully saturated rings. The summed E-state index contributed by atoms with van der Waals surface area (Å²) in [4.78, 5) is 30.3. The van der Waals surface area contributed by atoms with Gasteiger partial charge in [-0.3, -0.25) is 4.79 Å². The van der Waals surface area contributed by atoms with Crippen molar-refractivity contribution in [3.63, 3.8) is 0 Å². The van der Waals surface area contributed by atoms with E-state index in [1.54, 1.807) is 6.20 Å². The summed E-state index contributed by atoms with van der Waals surface area (Å²) in [6, 6.07) is 0. The van der Waals surface area contributed by atoms with E-state index in [1.165, 1.54) is 35.1 Å². The van der Waals surface area contributed by atoms with Gasteiger partial charge in [-0.1, -0.05) is 32.5 Å². The van der Waals surface area contributed by atoms with Crippen LogP contribution >= 0.6 is 23.1 Å². The summed E-state index contributed by atoms with van der Waals surface area (Å²) in [7, 11) is 3.28. The minimum Gasteiger partial charge on any atom is -0.465 e.